The van der Waals surface area contributed by atoms with Gasteiger partial charge in [-0.05, 0) is 73.5 Å². The van der Waals surface area contributed by atoms with E-state index in [2.05, 4.69) is 5.32 Å². The minimum Gasteiger partial charge on any atom is -0.497 e. The van der Waals surface area contributed by atoms with Crippen LogP contribution in [0.15, 0.2) is 100 Å². The molecule has 3 N–H and O–H groups in total. The van der Waals surface area contributed by atoms with Gasteiger partial charge in [-0.2, -0.15) is 0 Å². The number of carbonyl (C=O) groups excluding carboxylic acids is 1. The van der Waals surface area contributed by atoms with Gasteiger partial charge in [0.25, 0.3) is 5.91 Å². The lowest BCUT2D eigenvalue weighted by Gasteiger charge is -2.46. The van der Waals surface area contributed by atoms with E-state index in [1.54, 1.807) is 64.5 Å². The van der Waals surface area contributed by atoms with Gasteiger partial charge in [0.15, 0.2) is 0 Å². The number of hydrogen-bond acceptors (Lipinski definition) is 10. The summed E-state index contributed by atoms with van der Waals surface area (Å²) in [6, 6.07) is 26.8. The minimum absolute atomic E-state index is 0.0536. The van der Waals surface area contributed by atoms with Crippen LogP contribution in [0, 0.1) is 0 Å². The molecule has 5 aromatic rings. The van der Waals surface area contributed by atoms with Crippen LogP contribution in [0.4, 0.5) is 5.69 Å². The Morgan fingerprint density at radius 3 is 2.34 bits per heavy atom. The number of amides is 1. The monoisotopic (exact) mass is 681 g/mol. The first kappa shape index (κ1) is 34.7. The van der Waals surface area contributed by atoms with E-state index in [0.29, 0.717) is 40.0 Å². The van der Waals surface area contributed by atoms with E-state index in [1.807, 2.05) is 54.6 Å². The summed E-state index contributed by atoms with van der Waals surface area (Å²) in [5.74, 6) is 0.975. The highest BCUT2D eigenvalue weighted by Gasteiger charge is 2.50. The van der Waals surface area contributed by atoms with Crippen LogP contribution in [0.2, 0.25) is 0 Å². The molecule has 0 aliphatic carbocycles. The Labute approximate surface area is 288 Å². The highest BCUT2D eigenvalue weighted by atomic mass is 16.7. The summed E-state index contributed by atoms with van der Waals surface area (Å²) in [4.78, 5) is 26.9. The zero-order valence-electron chi connectivity index (χ0n) is 28.3. The maximum atomic E-state index is 13.5. The van der Waals surface area contributed by atoms with Gasteiger partial charge in [0.1, 0.15) is 46.8 Å². The molecule has 4 atom stereocenters. The van der Waals surface area contributed by atoms with Crippen LogP contribution in [-0.4, -0.2) is 67.7 Å². The SMILES string of the molecule is COc1cccc(-c2cc(C(=O)Nc3cc4ccc(O[C@@H]5OC(C)(C)[C@H](OC)[C@@H](O)[C@@H]5O)c(Cc5ccccc5)c4oc3=O)ccc2OC)c1. The normalized spacial score (nSPS) is 19.9. The smallest absolute Gasteiger partial charge is 0.360 e. The van der Waals surface area contributed by atoms with Crippen LogP contribution in [0.3, 0.4) is 0 Å². The Morgan fingerprint density at radius 2 is 1.62 bits per heavy atom. The van der Waals surface area contributed by atoms with E-state index in [4.69, 9.17) is 28.1 Å². The van der Waals surface area contributed by atoms with Crippen molar-refractivity contribution in [1.29, 1.82) is 0 Å². The third-order valence-electron chi connectivity index (χ3n) is 8.82. The summed E-state index contributed by atoms with van der Waals surface area (Å²) in [5, 5.41) is 24.9. The fraction of sp³-hybridized carbons (Fsp3) is 0.282. The van der Waals surface area contributed by atoms with Gasteiger partial charge < -0.3 is 43.6 Å². The molecule has 50 heavy (non-hydrogen) atoms. The molecule has 4 aromatic carbocycles. The van der Waals surface area contributed by atoms with Crippen molar-refractivity contribution in [2.75, 3.05) is 26.6 Å². The van der Waals surface area contributed by atoms with Gasteiger partial charge in [-0.15, -0.1) is 0 Å². The van der Waals surface area contributed by atoms with Crippen LogP contribution < -0.4 is 25.2 Å². The van der Waals surface area contributed by atoms with Crippen molar-refractivity contribution in [2.24, 2.45) is 0 Å². The molecule has 260 valence electrons. The number of anilines is 1. The molecule has 0 spiro atoms. The fourth-order valence-corrected chi connectivity index (χ4v) is 6.28. The number of nitrogens with one attached hydrogen (secondary N) is 1. The Morgan fingerprint density at radius 1 is 0.860 bits per heavy atom. The predicted molar refractivity (Wildman–Crippen MR) is 187 cm³/mol. The first-order valence-corrected chi connectivity index (χ1v) is 16.0. The van der Waals surface area contributed by atoms with Crippen LogP contribution in [0.5, 0.6) is 17.2 Å². The van der Waals surface area contributed by atoms with Crippen LogP contribution in [-0.2, 0) is 15.9 Å². The van der Waals surface area contributed by atoms with Gasteiger partial charge >= 0.3 is 5.63 Å². The highest BCUT2D eigenvalue weighted by Crippen LogP contribution is 2.37. The van der Waals surface area contributed by atoms with Crippen molar-refractivity contribution in [1.82, 2.24) is 0 Å². The molecule has 1 aliphatic rings. The highest BCUT2D eigenvalue weighted by molar-refractivity contribution is 6.06. The molecule has 11 heteroatoms. The first-order chi connectivity index (χ1) is 24.0. The molecular weight excluding hydrogens is 642 g/mol. The number of methoxy groups -OCH3 is 3. The molecule has 6 rings (SSSR count). The van der Waals surface area contributed by atoms with Crippen molar-refractivity contribution in [3.8, 4) is 28.4 Å². The number of fused-ring (bicyclic) bond motifs is 1. The van der Waals surface area contributed by atoms with Gasteiger partial charge in [0.2, 0.25) is 6.29 Å². The zero-order chi connectivity index (χ0) is 35.6. The predicted octanol–water partition coefficient (Wildman–Crippen LogP) is 5.57. The molecule has 0 radical (unpaired) electrons. The summed E-state index contributed by atoms with van der Waals surface area (Å²) in [5.41, 5.74) is 1.58. The molecule has 0 bridgehead atoms. The lowest BCUT2D eigenvalue weighted by atomic mass is 9.89. The summed E-state index contributed by atoms with van der Waals surface area (Å²) < 4.78 is 34.5. The molecule has 2 heterocycles. The summed E-state index contributed by atoms with van der Waals surface area (Å²) in [7, 11) is 4.56. The second-order valence-electron chi connectivity index (χ2n) is 12.5. The maximum absolute atomic E-state index is 13.5. The van der Waals surface area contributed by atoms with Gasteiger partial charge in [-0.1, -0.05) is 42.5 Å². The molecule has 0 unspecified atom stereocenters. The maximum Gasteiger partial charge on any atom is 0.360 e. The summed E-state index contributed by atoms with van der Waals surface area (Å²) in [6.07, 6.45) is -4.46. The molecule has 11 nitrogen and oxygen atoms in total. The molecule has 1 saturated heterocycles. The van der Waals surface area contributed by atoms with E-state index in [-0.39, 0.29) is 17.0 Å². The topological polar surface area (TPSA) is 146 Å². The lowest BCUT2D eigenvalue weighted by Crippen LogP contribution is -2.63. The van der Waals surface area contributed by atoms with E-state index < -0.39 is 41.7 Å². The standard InChI is InChI=1S/C39H39NO10/c1-39(2)35(47-5)32(41)33(42)38(50-39)48-31-17-14-24-21-29(37(44)49-34(24)28(31)18-22-10-7-6-8-11-22)40-36(43)25-15-16-30(46-4)27(20-25)23-12-9-13-26(19-23)45-3/h6-17,19-21,32-33,35,38,41-42H,18H2,1-5H3,(H,40,43)/t32-,33-,35+,38+/m0/s1. The Kier molecular flexibility index (Phi) is 9.94. The third kappa shape index (κ3) is 6.94. The zero-order valence-corrected chi connectivity index (χ0v) is 28.3. The Hall–Kier alpha value is -5.20. The van der Waals surface area contributed by atoms with E-state index in [1.165, 1.54) is 7.11 Å². The van der Waals surface area contributed by atoms with E-state index >= 15 is 0 Å². The van der Waals surface area contributed by atoms with Gasteiger partial charge in [0, 0.05) is 35.6 Å². The van der Waals surface area contributed by atoms with Crippen molar-refractivity contribution in [3.05, 3.63) is 118 Å². The van der Waals surface area contributed by atoms with Crippen molar-refractivity contribution in [2.45, 2.75) is 50.5 Å². The van der Waals surface area contributed by atoms with Crippen LogP contribution in [0.1, 0.15) is 35.3 Å². The second-order valence-corrected chi connectivity index (χ2v) is 12.5. The molecule has 1 aliphatic heterocycles. The lowest BCUT2D eigenvalue weighted by molar-refractivity contribution is -0.306. The number of benzene rings is 4. The van der Waals surface area contributed by atoms with E-state index in [9.17, 15) is 19.8 Å². The number of carbonyl (C=O) groups is 1. The largest absolute Gasteiger partial charge is 0.497 e. The van der Waals surface area contributed by atoms with Gasteiger partial charge in [-0.25, -0.2) is 4.79 Å². The van der Waals surface area contributed by atoms with Crippen molar-refractivity contribution in [3.63, 3.8) is 0 Å². The van der Waals surface area contributed by atoms with Gasteiger partial charge in [-0.3, -0.25) is 4.79 Å². The van der Waals surface area contributed by atoms with Gasteiger partial charge in [0.05, 0.1) is 19.8 Å². The number of hydrogen-bond donors (Lipinski definition) is 3. The number of aliphatic hydroxyl groups is 2. The Bertz CT molecular complexity index is 2060. The molecule has 1 fully saturated rings. The fourth-order valence-electron chi connectivity index (χ4n) is 6.28. The average molecular weight is 682 g/mol. The van der Waals surface area contributed by atoms with Crippen LogP contribution in [0.25, 0.3) is 22.1 Å². The Balaban J connectivity index is 1.34. The van der Waals surface area contributed by atoms with Crippen molar-refractivity contribution >= 4 is 22.6 Å². The minimum atomic E-state index is -1.43. The molecule has 0 saturated carbocycles. The first-order valence-electron chi connectivity index (χ1n) is 16.0. The number of rotatable bonds is 10. The third-order valence-corrected chi connectivity index (χ3v) is 8.82. The quantitative estimate of drug-likeness (QED) is 0.160. The average Bonchev–Trinajstić information content (AvgIpc) is 3.12. The number of ether oxygens (including phenoxy) is 5. The second kappa shape index (κ2) is 14.3. The molecular formula is C39H39NO10. The summed E-state index contributed by atoms with van der Waals surface area (Å²) >= 11 is 0. The molecule has 1 aromatic heterocycles. The van der Waals surface area contributed by atoms with Crippen molar-refractivity contribution < 1.29 is 43.1 Å². The summed E-state index contributed by atoms with van der Waals surface area (Å²) in [6.45, 7) is 3.47. The van der Waals surface area contributed by atoms with Crippen LogP contribution >= 0.6 is 0 Å². The van der Waals surface area contributed by atoms with E-state index in [0.717, 1.165) is 11.1 Å². The molecule has 1 amide bonds. The number of aliphatic hydroxyl groups excluding tert-OH is 2.